The first-order valence-corrected chi connectivity index (χ1v) is 12.8. The normalized spacial score (nSPS) is 18.6. The van der Waals surface area contributed by atoms with E-state index < -0.39 is 67.2 Å². The van der Waals surface area contributed by atoms with Gasteiger partial charge in [0, 0.05) is 41.4 Å². The lowest BCUT2D eigenvalue weighted by Crippen LogP contribution is -2.56. The van der Waals surface area contributed by atoms with Crippen LogP contribution in [0.25, 0.3) is 0 Å². The smallest absolute Gasteiger partial charge is 0.416 e. The lowest BCUT2D eigenvalue weighted by molar-refractivity contribution is -0.133. The summed E-state index contributed by atoms with van der Waals surface area (Å²) in [5, 5.41) is 11.9. The minimum absolute atomic E-state index is 0.0560. The van der Waals surface area contributed by atoms with Gasteiger partial charge in [0.2, 0.25) is 5.91 Å². The van der Waals surface area contributed by atoms with Gasteiger partial charge in [-0.05, 0) is 36.4 Å². The molecule has 0 bridgehead atoms. The fraction of sp³-hybridized carbons (Fsp3) is 0.250. The number of amides is 3. The van der Waals surface area contributed by atoms with Gasteiger partial charge in [0.1, 0.15) is 24.3 Å². The number of pyridine rings is 1. The predicted molar refractivity (Wildman–Crippen MR) is 141 cm³/mol. The van der Waals surface area contributed by atoms with Gasteiger partial charge in [0.15, 0.2) is 6.04 Å². The average Bonchev–Trinajstić information content (AvgIpc) is 3.32. The Balaban J connectivity index is 1.61. The molecule has 2 aliphatic rings. The van der Waals surface area contributed by atoms with Crippen molar-refractivity contribution < 1.29 is 32.3 Å². The number of carbonyl (C=O) groups is 3. The first-order chi connectivity index (χ1) is 19.6. The van der Waals surface area contributed by atoms with Crippen molar-refractivity contribution in [2.75, 3.05) is 16.4 Å². The molecule has 1 N–H and O–H groups in total. The number of nitrogens with one attached hydrogen (secondary N) is 1. The number of hydrogen-bond acceptors (Lipinski definition) is 6. The first-order valence-electron chi connectivity index (χ1n) is 12.4. The molecule has 1 unspecified atom stereocenters. The molecule has 1 saturated heterocycles. The van der Waals surface area contributed by atoms with E-state index in [2.05, 4.69) is 10.3 Å². The Morgan fingerprint density at radius 1 is 1.17 bits per heavy atom. The predicted octanol–water partition coefficient (Wildman–Crippen LogP) is 4.76. The van der Waals surface area contributed by atoms with E-state index in [1.54, 1.807) is 12.1 Å². The van der Waals surface area contributed by atoms with Crippen LogP contribution in [-0.4, -0.2) is 47.5 Å². The second kappa shape index (κ2) is 11.1. The van der Waals surface area contributed by atoms with Gasteiger partial charge in [-0.15, -0.1) is 0 Å². The Bertz CT molecular complexity index is 1560. The van der Waals surface area contributed by atoms with E-state index in [1.165, 1.54) is 42.6 Å². The number of anilines is 2. The third kappa shape index (κ3) is 5.67. The van der Waals surface area contributed by atoms with Crippen molar-refractivity contribution in [3.63, 3.8) is 0 Å². The Kier molecular flexibility index (Phi) is 7.55. The van der Waals surface area contributed by atoms with Crippen LogP contribution >= 0.6 is 11.6 Å². The van der Waals surface area contributed by atoms with Gasteiger partial charge in [-0.1, -0.05) is 35.9 Å². The fourth-order valence-electron chi connectivity index (χ4n) is 4.80. The molecule has 2 fully saturated rings. The summed E-state index contributed by atoms with van der Waals surface area (Å²) < 4.78 is 46.8. The van der Waals surface area contributed by atoms with E-state index in [9.17, 15) is 32.8 Å². The molecule has 210 valence electrons. The number of hydrogen-bond donors (Lipinski definition) is 1. The number of benzene rings is 2. The number of aromatic nitrogens is 1. The van der Waals surface area contributed by atoms with Gasteiger partial charge in [-0.3, -0.25) is 14.5 Å². The summed E-state index contributed by atoms with van der Waals surface area (Å²) in [5.74, 6) is -5.42. The monoisotopic (exact) mass is 583 g/mol. The van der Waals surface area contributed by atoms with E-state index in [1.807, 2.05) is 6.07 Å². The largest absolute Gasteiger partial charge is 0.446 e. The Labute approximate surface area is 237 Å². The zero-order valence-electron chi connectivity index (χ0n) is 21.1. The van der Waals surface area contributed by atoms with Crippen molar-refractivity contribution in [1.29, 1.82) is 5.26 Å². The molecule has 0 radical (unpaired) electrons. The summed E-state index contributed by atoms with van der Waals surface area (Å²) in [4.78, 5) is 46.9. The SMILES string of the molecule is N#Cc1ccnc(N2C(=O)OC[C@H]2C(=O)N(c2cccc(F)c2)C(C(=O)NC2CC(F)(F)C2)c2ccccc2Cl)c1. The molecule has 2 heterocycles. The highest BCUT2D eigenvalue weighted by atomic mass is 35.5. The van der Waals surface area contributed by atoms with Gasteiger partial charge in [0.05, 0.1) is 11.6 Å². The summed E-state index contributed by atoms with van der Waals surface area (Å²) in [6.45, 7) is -0.451. The molecule has 1 aliphatic carbocycles. The molecule has 1 saturated carbocycles. The van der Waals surface area contributed by atoms with E-state index in [4.69, 9.17) is 16.3 Å². The number of alkyl halides is 2. The molecule has 5 rings (SSSR count). The van der Waals surface area contributed by atoms with Gasteiger partial charge >= 0.3 is 6.09 Å². The van der Waals surface area contributed by atoms with Crippen LogP contribution in [0, 0.1) is 17.1 Å². The minimum atomic E-state index is -2.93. The van der Waals surface area contributed by atoms with Crippen molar-refractivity contribution in [3.8, 4) is 6.07 Å². The maximum absolute atomic E-state index is 14.5. The van der Waals surface area contributed by atoms with Crippen LogP contribution in [0.15, 0.2) is 66.9 Å². The lowest BCUT2D eigenvalue weighted by atomic mass is 9.87. The van der Waals surface area contributed by atoms with Crippen LogP contribution < -0.4 is 15.1 Å². The van der Waals surface area contributed by atoms with Crippen molar-refractivity contribution in [2.24, 2.45) is 0 Å². The number of cyclic esters (lactones) is 1. The number of nitrogens with zero attached hydrogens (tertiary/aromatic N) is 4. The molecule has 1 aliphatic heterocycles. The third-order valence-corrected chi connectivity index (χ3v) is 7.09. The molecule has 13 heteroatoms. The number of carbonyl (C=O) groups excluding carboxylic acids is 3. The molecule has 3 amide bonds. The lowest BCUT2D eigenvalue weighted by Gasteiger charge is -2.39. The fourth-order valence-corrected chi connectivity index (χ4v) is 5.04. The molecule has 2 aromatic carbocycles. The number of halogens is 4. The average molecular weight is 584 g/mol. The molecule has 3 aromatic rings. The molecule has 2 atom stereocenters. The van der Waals surface area contributed by atoms with Crippen LogP contribution in [0.4, 0.5) is 29.5 Å². The zero-order chi connectivity index (χ0) is 29.3. The Hall–Kier alpha value is -4.63. The van der Waals surface area contributed by atoms with Crippen LogP contribution in [0.5, 0.6) is 0 Å². The highest BCUT2D eigenvalue weighted by Crippen LogP contribution is 2.39. The number of ether oxygens (including phenoxy) is 1. The van der Waals surface area contributed by atoms with Gasteiger partial charge in [0.25, 0.3) is 11.8 Å². The molecule has 1 aromatic heterocycles. The highest BCUT2D eigenvalue weighted by molar-refractivity contribution is 6.31. The van der Waals surface area contributed by atoms with Gasteiger partial charge in [-0.25, -0.2) is 27.8 Å². The number of nitriles is 1. The minimum Gasteiger partial charge on any atom is -0.446 e. The quantitative estimate of drug-likeness (QED) is 0.429. The second-order valence-electron chi connectivity index (χ2n) is 9.56. The highest BCUT2D eigenvalue weighted by Gasteiger charge is 2.49. The van der Waals surface area contributed by atoms with E-state index in [-0.39, 0.29) is 27.7 Å². The maximum atomic E-state index is 14.5. The van der Waals surface area contributed by atoms with Gasteiger partial charge in [-0.2, -0.15) is 5.26 Å². The van der Waals surface area contributed by atoms with E-state index in [0.717, 1.165) is 21.9 Å². The molecule has 0 spiro atoms. The topological polar surface area (TPSA) is 116 Å². The van der Waals surface area contributed by atoms with Crippen LogP contribution in [0.2, 0.25) is 5.02 Å². The summed E-state index contributed by atoms with van der Waals surface area (Å²) in [6.07, 6.45) is -0.816. The summed E-state index contributed by atoms with van der Waals surface area (Å²) in [7, 11) is 0. The molecular weight excluding hydrogens is 563 g/mol. The molecule has 9 nitrogen and oxygen atoms in total. The summed E-state index contributed by atoms with van der Waals surface area (Å²) in [5.41, 5.74) is 0.234. The van der Waals surface area contributed by atoms with Crippen molar-refractivity contribution >= 4 is 41.0 Å². The zero-order valence-corrected chi connectivity index (χ0v) is 21.9. The van der Waals surface area contributed by atoms with Gasteiger partial charge < -0.3 is 10.1 Å². The maximum Gasteiger partial charge on any atom is 0.416 e. The van der Waals surface area contributed by atoms with Crippen LogP contribution in [-0.2, 0) is 14.3 Å². The first kappa shape index (κ1) is 27.9. The van der Waals surface area contributed by atoms with Crippen LogP contribution in [0.1, 0.15) is 30.0 Å². The summed E-state index contributed by atoms with van der Waals surface area (Å²) in [6, 6.07) is 11.8. The van der Waals surface area contributed by atoms with Crippen molar-refractivity contribution in [1.82, 2.24) is 10.3 Å². The molecular formula is C28H21ClF3N5O4. The summed E-state index contributed by atoms with van der Waals surface area (Å²) >= 11 is 6.46. The number of rotatable bonds is 7. The Morgan fingerprint density at radius 3 is 2.61 bits per heavy atom. The van der Waals surface area contributed by atoms with Crippen molar-refractivity contribution in [3.05, 3.63) is 88.8 Å². The standard InChI is InChI=1S/C28H21ClF3N5O4/c29-21-7-2-1-6-20(21)24(25(38)35-18-12-28(31,32)13-18)36(19-5-3-4-17(30)11-19)26(39)22-15-41-27(40)37(22)23-10-16(14-33)8-9-34-23/h1-11,18,22,24H,12-13,15H2,(H,35,38)/t22-,24?/m0/s1. The Morgan fingerprint density at radius 2 is 1.93 bits per heavy atom. The van der Waals surface area contributed by atoms with E-state index >= 15 is 0 Å². The third-order valence-electron chi connectivity index (χ3n) is 6.75. The van der Waals surface area contributed by atoms with Crippen molar-refractivity contribution in [2.45, 2.75) is 36.9 Å². The van der Waals surface area contributed by atoms with E-state index in [0.29, 0.717) is 0 Å². The second-order valence-corrected chi connectivity index (χ2v) is 9.97. The molecule has 41 heavy (non-hydrogen) atoms. The van der Waals surface area contributed by atoms with Crippen LogP contribution in [0.3, 0.4) is 0 Å².